The zero-order valence-corrected chi connectivity index (χ0v) is 16.4. The molecule has 2 rings (SSSR count). The van der Waals surface area contributed by atoms with E-state index in [0.717, 1.165) is 18.4 Å². The lowest BCUT2D eigenvalue weighted by Crippen LogP contribution is -2.25. The highest BCUT2D eigenvalue weighted by Crippen LogP contribution is 2.29. The highest BCUT2D eigenvalue weighted by atomic mass is 16.4. The van der Waals surface area contributed by atoms with Gasteiger partial charge in [0.05, 0.1) is 18.6 Å². The molecule has 28 heavy (non-hydrogen) atoms. The molecule has 0 saturated heterocycles. The van der Waals surface area contributed by atoms with Gasteiger partial charge in [-0.15, -0.1) is 0 Å². The van der Waals surface area contributed by atoms with Gasteiger partial charge in [0.15, 0.2) is 0 Å². The fourth-order valence-electron chi connectivity index (χ4n) is 3.03. The Balaban J connectivity index is 2.36. The van der Waals surface area contributed by atoms with Crippen molar-refractivity contribution in [3.05, 3.63) is 40.6 Å². The number of nitrogen functional groups attached to an aromatic ring is 1. The molecule has 0 aliphatic carbocycles. The summed E-state index contributed by atoms with van der Waals surface area (Å²) in [5.74, 6) is -0.989. The highest BCUT2D eigenvalue weighted by Gasteiger charge is 2.18. The number of phenols is 1. The summed E-state index contributed by atoms with van der Waals surface area (Å²) in [7, 11) is 0. The number of nitrogens with two attached hydrogens (primary N) is 1. The van der Waals surface area contributed by atoms with Crippen molar-refractivity contribution < 1.29 is 20.1 Å². The summed E-state index contributed by atoms with van der Waals surface area (Å²) < 4.78 is 0. The Kier molecular flexibility index (Phi) is 7.17. The van der Waals surface area contributed by atoms with E-state index in [4.69, 9.17) is 10.8 Å². The van der Waals surface area contributed by atoms with Crippen molar-refractivity contribution in [2.45, 2.75) is 52.0 Å². The van der Waals surface area contributed by atoms with Gasteiger partial charge in [0.2, 0.25) is 5.95 Å². The zero-order valence-electron chi connectivity index (χ0n) is 16.4. The number of anilines is 2. The van der Waals surface area contributed by atoms with Gasteiger partial charge in [-0.1, -0.05) is 25.5 Å². The van der Waals surface area contributed by atoms with E-state index in [9.17, 15) is 15.0 Å². The predicted octanol–water partition coefficient (Wildman–Crippen LogP) is 2.42. The fraction of sp³-hybridized carbons (Fsp3) is 0.450. The van der Waals surface area contributed by atoms with Crippen LogP contribution in [0.2, 0.25) is 0 Å². The summed E-state index contributed by atoms with van der Waals surface area (Å²) >= 11 is 0. The number of hydrogen-bond donors (Lipinski definition) is 5. The van der Waals surface area contributed by atoms with Crippen molar-refractivity contribution in [3.63, 3.8) is 0 Å². The first-order valence-electron chi connectivity index (χ1n) is 9.31. The van der Waals surface area contributed by atoms with Crippen molar-refractivity contribution >= 4 is 17.7 Å². The molecule has 2 atom stereocenters. The van der Waals surface area contributed by atoms with Crippen LogP contribution in [0.3, 0.4) is 0 Å². The topological polar surface area (TPSA) is 142 Å². The Hall–Kier alpha value is -2.87. The maximum Gasteiger partial charge on any atom is 0.310 e. The van der Waals surface area contributed by atoms with E-state index in [1.807, 2.05) is 13.8 Å². The minimum Gasteiger partial charge on any atom is -0.508 e. The van der Waals surface area contributed by atoms with Crippen LogP contribution in [0.1, 0.15) is 55.0 Å². The molecule has 0 aliphatic heterocycles. The average molecular weight is 388 g/mol. The van der Waals surface area contributed by atoms with Gasteiger partial charge in [-0.2, -0.15) is 4.98 Å². The number of aliphatic hydroxyl groups is 1. The standard InChI is InChI=1S/C20H28N4O4/c1-4-5-15(10-25)23-18-16(12(3)22-20(21)24-18)8-14-7-6-13(9-17(14)26)11(2)19(27)28/h6-7,9,11,15,25-26H,4-5,8,10H2,1-3H3,(H,27,28)(H3,21,22,23,24)/t11-,15?/m0/s1. The lowest BCUT2D eigenvalue weighted by atomic mass is 9.96. The monoisotopic (exact) mass is 388 g/mol. The number of aliphatic hydroxyl groups excluding tert-OH is 1. The third-order valence-electron chi connectivity index (χ3n) is 4.78. The maximum absolute atomic E-state index is 11.2. The van der Waals surface area contributed by atoms with Crippen LogP contribution in [-0.2, 0) is 11.2 Å². The molecule has 0 bridgehead atoms. The van der Waals surface area contributed by atoms with Gasteiger partial charge in [0.1, 0.15) is 11.6 Å². The number of nitrogens with one attached hydrogen (secondary N) is 1. The number of phenolic OH excluding ortho intramolecular Hbond substituents is 1. The minimum atomic E-state index is -0.951. The fourth-order valence-corrected chi connectivity index (χ4v) is 3.03. The predicted molar refractivity (Wildman–Crippen MR) is 108 cm³/mol. The second-order valence-electron chi connectivity index (χ2n) is 6.93. The number of carbonyl (C=O) groups is 1. The Morgan fingerprint density at radius 1 is 1.32 bits per heavy atom. The number of aromatic hydroxyl groups is 1. The third kappa shape index (κ3) is 5.10. The molecular formula is C20H28N4O4. The lowest BCUT2D eigenvalue weighted by Gasteiger charge is -2.20. The van der Waals surface area contributed by atoms with Gasteiger partial charge in [-0.25, -0.2) is 4.98 Å². The number of hydrogen-bond acceptors (Lipinski definition) is 7. The molecule has 0 fully saturated rings. The van der Waals surface area contributed by atoms with E-state index in [1.54, 1.807) is 19.1 Å². The SMILES string of the molecule is CCCC(CO)Nc1nc(N)nc(C)c1Cc1ccc([C@H](C)C(=O)O)cc1O. The maximum atomic E-state index is 11.2. The number of carboxylic acids is 1. The van der Waals surface area contributed by atoms with Crippen LogP contribution in [0.4, 0.5) is 11.8 Å². The van der Waals surface area contributed by atoms with Gasteiger partial charge in [-0.05, 0) is 37.5 Å². The molecule has 0 amide bonds. The summed E-state index contributed by atoms with van der Waals surface area (Å²) in [5.41, 5.74) is 8.38. The summed E-state index contributed by atoms with van der Waals surface area (Å²) in [6, 6.07) is 4.72. The first kappa shape index (κ1) is 21.4. The minimum absolute atomic E-state index is 0.0139. The number of benzene rings is 1. The number of aromatic nitrogens is 2. The van der Waals surface area contributed by atoms with Gasteiger partial charge in [0, 0.05) is 17.7 Å². The van der Waals surface area contributed by atoms with Gasteiger partial charge >= 0.3 is 5.97 Å². The van der Waals surface area contributed by atoms with Crippen molar-refractivity contribution in [3.8, 4) is 5.75 Å². The van der Waals surface area contributed by atoms with Gasteiger partial charge in [0.25, 0.3) is 0 Å². The van der Waals surface area contributed by atoms with Crippen molar-refractivity contribution in [1.82, 2.24) is 9.97 Å². The number of carboxylic acid groups (broad SMARTS) is 1. The van der Waals surface area contributed by atoms with E-state index in [1.165, 1.54) is 6.07 Å². The number of aryl methyl sites for hydroxylation is 1. The molecule has 1 aromatic carbocycles. The van der Waals surface area contributed by atoms with Crippen LogP contribution in [-0.4, -0.2) is 43.9 Å². The first-order valence-corrected chi connectivity index (χ1v) is 9.31. The van der Waals surface area contributed by atoms with Crippen LogP contribution in [0.15, 0.2) is 18.2 Å². The van der Waals surface area contributed by atoms with E-state index < -0.39 is 11.9 Å². The average Bonchev–Trinajstić information content (AvgIpc) is 2.64. The van der Waals surface area contributed by atoms with Crippen LogP contribution >= 0.6 is 0 Å². The molecular weight excluding hydrogens is 360 g/mol. The Labute approximate surface area is 164 Å². The van der Waals surface area contributed by atoms with Gasteiger partial charge < -0.3 is 26.4 Å². The Morgan fingerprint density at radius 3 is 2.61 bits per heavy atom. The molecule has 2 aromatic rings. The highest BCUT2D eigenvalue weighted by molar-refractivity contribution is 5.75. The van der Waals surface area contributed by atoms with Crippen molar-refractivity contribution in [2.24, 2.45) is 0 Å². The van der Waals surface area contributed by atoms with E-state index in [0.29, 0.717) is 29.1 Å². The van der Waals surface area contributed by atoms with Crippen molar-refractivity contribution in [1.29, 1.82) is 0 Å². The lowest BCUT2D eigenvalue weighted by molar-refractivity contribution is -0.138. The molecule has 1 heterocycles. The van der Waals surface area contributed by atoms with Crippen LogP contribution in [0.5, 0.6) is 5.75 Å². The molecule has 6 N–H and O–H groups in total. The van der Waals surface area contributed by atoms with E-state index in [-0.39, 0.29) is 24.3 Å². The van der Waals surface area contributed by atoms with Gasteiger partial charge in [-0.3, -0.25) is 4.79 Å². The quantitative estimate of drug-likeness (QED) is 0.441. The van der Waals surface area contributed by atoms with Crippen LogP contribution < -0.4 is 11.1 Å². The normalized spacial score (nSPS) is 13.1. The molecule has 0 radical (unpaired) electrons. The summed E-state index contributed by atoms with van der Waals surface area (Å²) in [4.78, 5) is 19.7. The first-order chi connectivity index (χ1) is 13.3. The summed E-state index contributed by atoms with van der Waals surface area (Å²) in [6.45, 7) is 5.37. The Morgan fingerprint density at radius 2 is 2.04 bits per heavy atom. The second-order valence-corrected chi connectivity index (χ2v) is 6.93. The molecule has 8 nitrogen and oxygen atoms in total. The van der Waals surface area contributed by atoms with Crippen LogP contribution in [0.25, 0.3) is 0 Å². The summed E-state index contributed by atoms with van der Waals surface area (Å²) in [5, 5.41) is 32.4. The summed E-state index contributed by atoms with van der Waals surface area (Å²) in [6.07, 6.45) is 2.01. The number of aliphatic carboxylic acids is 1. The number of rotatable bonds is 9. The van der Waals surface area contributed by atoms with Crippen LogP contribution in [0, 0.1) is 6.92 Å². The van der Waals surface area contributed by atoms with E-state index in [2.05, 4.69) is 15.3 Å². The van der Waals surface area contributed by atoms with Crippen molar-refractivity contribution in [2.75, 3.05) is 17.7 Å². The molecule has 1 unspecified atom stereocenters. The number of nitrogens with zero attached hydrogens (tertiary/aromatic N) is 2. The van der Waals surface area contributed by atoms with E-state index >= 15 is 0 Å². The molecule has 1 aromatic heterocycles. The Bertz CT molecular complexity index is 841. The zero-order chi connectivity index (χ0) is 20.8. The molecule has 152 valence electrons. The third-order valence-corrected chi connectivity index (χ3v) is 4.78. The largest absolute Gasteiger partial charge is 0.508 e. The molecule has 0 spiro atoms. The second kappa shape index (κ2) is 9.36. The molecule has 0 saturated carbocycles. The molecule has 8 heteroatoms. The molecule has 0 aliphatic rings. The smallest absolute Gasteiger partial charge is 0.310 e.